The van der Waals surface area contributed by atoms with E-state index < -0.39 is 0 Å². The average Bonchev–Trinajstić information content (AvgIpc) is 1.88. The lowest BCUT2D eigenvalue weighted by Gasteiger charge is -1.94. The van der Waals surface area contributed by atoms with Gasteiger partial charge in [-0.2, -0.15) is 0 Å². The molecule has 1 rings (SSSR count). The Hall–Kier alpha value is -0.700. The minimum Gasteiger partial charge on any atom is -0.293 e. The number of carbonyl (C=O) groups is 1. The van der Waals surface area contributed by atoms with E-state index in [1.807, 2.05) is 0 Å². The molecule has 0 aliphatic carbocycles. The minimum atomic E-state index is -0.0209. The number of Topliss-reactive ketones (excluding diaryl/α,β-unsaturated/α-hetero) is 1. The number of nitrogens with zero attached hydrogens (tertiary/aromatic N) is 1. The van der Waals surface area contributed by atoms with Gasteiger partial charge in [-0.15, -0.1) is 0 Å². The van der Waals surface area contributed by atoms with Gasteiger partial charge in [-0.1, -0.05) is 0 Å². The fourth-order valence-corrected chi connectivity index (χ4v) is 1.18. The van der Waals surface area contributed by atoms with Gasteiger partial charge in [0.1, 0.15) is 5.69 Å². The zero-order valence-electron chi connectivity index (χ0n) is 5.47. The van der Waals surface area contributed by atoms with E-state index >= 15 is 0 Å². The highest BCUT2D eigenvalue weighted by Gasteiger charge is 2.03. The van der Waals surface area contributed by atoms with Crippen molar-refractivity contribution in [2.45, 2.75) is 6.92 Å². The lowest BCUT2D eigenvalue weighted by Crippen LogP contribution is -1.96. The maximum Gasteiger partial charge on any atom is 0.179 e. The second-order valence-corrected chi connectivity index (χ2v) is 2.74. The third-order valence-electron chi connectivity index (χ3n) is 1.09. The van der Waals surface area contributed by atoms with Crippen molar-refractivity contribution in [3.05, 3.63) is 28.5 Å². The number of hydrogen-bond acceptors (Lipinski definition) is 2. The van der Waals surface area contributed by atoms with Gasteiger partial charge in [-0.05, 0) is 28.1 Å². The molecule has 0 aliphatic heterocycles. The lowest BCUT2D eigenvalue weighted by atomic mass is 10.3. The first-order valence-electron chi connectivity index (χ1n) is 2.83. The topological polar surface area (TPSA) is 30.0 Å². The van der Waals surface area contributed by atoms with Crippen molar-refractivity contribution >= 4 is 21.7 Å². The van der Waals surface area contributed by atoms with Crippen LogP contribution in [0.3, 0.4) is 0 Å². The monoisotopic (exact) mass is 199 g/mol. The second kappa shape index (κ2) is 2.92. The zero-order chi connectivity index (χ0) is 7.56. The first kappa shape index (κ1) is 7.41. The summed E-state index contributed by atoms with van der Waals surface area (Å²) in [6.45, 7) is 1.49. The molecule has 10 heavy (non-hydrogen) atoms. The van der Waals surface area contributed by atoms with Crippen LogP contribution < -0.4 is 0 Å². The summed E-state index contributed by atoms with van der Waals surface area (Å²) in [6, 6.07) is 3.57. The fourth-order valence-electron chi connectivity index (χ4n) is 0.645. The Balaban J connectivity index is 3.15. The van der Waals surface area contributed by atoms with Crippen molar-refractivity contribution < 1.29 is 4.79 Å². The Morgan fingerprint density at radius 1 is 1.70 bits per heavy atom. The molecule has 0 unspecified atom stereocenters. The smallest absolute Gasteiger partial charge is 0.179 e. The Morgan fingerprint density at radius 2 is 2.40 bits per heavy atom. The van der Waals surface area contributed by atoms with Gasteiger partial charge in [0.2, 0.25) is 0 Å². The molecule has 0 aliphatic rings. The van der Waals surface area contributed by atoms with E-state index in [-0.39, 0.29) is 5.78 Å². The predicted molar refractivity (Wildman–Crippen MR) is 41.9 cm³/mol. The number of aromatic nitrogens is 1. The van der Waals surface area contributed by atoms with Crippen LogP contribution in [0.15, 0.2) is 22.8 Å². The molecule has 0 saturated heterocycles. The number of ketones is 1. The third-order valence-corrected chi connectivity index (χ3v) is 1.73. The van der Waals surface area contributed by atoms with Crippen LogP contribution >= 0.6 is 15.9 Å². The molecule has 0 spiro atoms. The number of hydrogen-bond donors (Lipinski definition) is 0. The van der Waals surface area contributed by atoms with Gasteiger partial charge in [0.25, 0.3) is 0 Å². The molecule has 0 bridgehead atoms. The third kappa shape index (κ3) is 1.42. The molecule has 1 aromatic rings. The Morgan fingerprint density at radius 3 is 2.80 bits per heavy atom. The van der Waals surface area contributed by atoms with Gasteiger partial charge < -0.3 is 0 Å². The molecule has 0 amide bonds. The second-order valence-electron chi connectivity index (χ2n) is 1.89. The van der Waals surface area contributed by atoms with Gasteiger partial charge in [0.05, 0.1) is 0 Å². The van der Waals surface area contributed by atoms with Crippen molar-refractivity contribution in [1.82, 2.24) is 4.98 Å². The van der Waals surface area contributed by atoms with Gasteiger partial charge in [0.15, 0.2) is 5.78 Å². The summed E-state index contributed by atoms with van der Waals surface area (Å²) in [4.78, 5) is 14.7. The van der Waals surface area contributed by atoms with Crippen LogP contribution in [0, 0.1) is 0 Å². The van der Waals surface area contributed by atoms with Crippen molar-refractivity contribution in [3.8, 4) is 0 Å². The maximum atomic E-state index is 10.8. The van der Waals surface area contributed by atoms with Crippen molar-refractivity contribution in [1.29, 1.82) is 0 Å². The highest BCUT2D eigenvalue weighted by atomic mass is 79.9. The van der Waals surface area contributed by atoms with Gasteiger partial charge >= 0.3 is 0 Å². The van der Waals surface area contributed by atoms with Gasteiger partial charge in [-0.25, -0.2) is 0 Å². The minimum absolute atomic E-state index is 0.0209. The first-order chi connectivity index (χ1) is 4.72. The molecule has 3 heteroatoms. The summed E-state index contributed by atoms with van der Waals surface area (Å²) in [6.07, 6.45) is 1.60. The summed E-state index contributed by atoms with van der Waals surface area (Å²) in [5, 5.41) is 0. The van der Waals surface area contributed by atoms with E-state index in [1.165, 1.54) is 6.92 Å². The molecule has 0 saturated carbocycles. The lowest BCUT2D eigenvalue weighted by molar-refractivity contribution is 0.101. The zero-order valence-corrected chi connectivity index (χ0v) is 7.05. The van der Waals surface area contributed by atoms with Gasteiger partial charge in [-0.3, -0.25) is 9.78 Å². The van der Waals surface area contributed by atoms with Gasteiger partial charge in [0, 0.05) is 17.6 Å². The molecule has 0 aromatic carbocycles. The van der Waals surface area contributed by atoms with Crippen molar-refractivity contribution in [2.75, 3.05) is 0 Å². The summed E-state index contributed by atoms with van der Waals surface area (Å²) < 4.78 is 0.752. The van der Waals surface area contributed by atoms with Crippen molar-refractivity contribution in [2.24, 2.45) is 0 Å². The van der Waals surface area contributed by atoms with E-state index in [9.17, 15) is 4.79 Å². The molecule has 0 fully saturated rings. The Kier molecular flexibility index (Phi) is 2.17. The normalized spacial score (nSPS) is 9.40. The molecule has 1 heterocycles. The largest absolute Gasteiger partial charge is 0.293 e. The summed E-state index contributed by atoms with van der Waals surface area (Å²) in [5.74, 6) is -0.0209. The number of carbonyl (C=O) groups excluding carboxylic acids is 1. The van der Waals surface area contributed by atoms with Crippen LogP contribution in [-0.2, 0) is 0 Å². The molecule has 52 valence electrons. The number of pyridine rings is 1. The summed E-state index contributed by atoms with van der Waals surface area (Å²) >= 11 is 3.21. The standard InChI is InChI=1S/C7H6BrNO/c1-5(10)7-6(8)3-2-4-9-7/h2-4H,1H3. The van der Waals surface area contributed by atoms with Crippen LogP contribution in [0.2, 0.25) is 0 Å². The van der Waals surface area contributed by atoms with Crippen molar-refractivity contribution in [3.63, 3.8) is 0 Å². The molecular formula is C7H6BrNO. The van der Waals surface area contributed by atoms with Crippen LogP contribution in [0.4, 0.5) is 0 Å². The van der Waals surface area contributed by atoms with E-state index in [2.05, 4.69) is 20.9 Å². The SMILES string of the molecule is CC(=O)c1ncccc1Br. The van der Waals surface area contributed by atoms with E-state index in [1.54, 1.807) is 18.3 Å². The summed E-state index contributed by atoms with van der Waals surface area (Å²) in [7, 11) is 0. The van der Waals surface area contributed by atoms with E-state index in [0.717, 1.165) is 4.47 Å². The quantitative estimate of drug-likeness (QED) is 0.649. The van der Waals surface area contributed by atoms with E-state index in [0.29, 0.717) is 5.69 Å². The number of halogens is 1. The summed E-state index contributed by atoms with van der Waals surface area (Å²) in [5.41, 5.74) is 0.488. The molecule has 0 atom stereocenters. The van der Waals surface area contributed by atoms with Crippen LogP contribution in [0.1, 0.15) is 17.4 Å². The Bertz CT molecular complexity index is 260. The molecular weight excluding hydrogens is 194 g/mol. The molecule has 2 nitrogen and oxygen atoms in total. The number of rotatable bonds is 1. The maximum absolute atomic E-state index is 10.8. The predicted octanol–water partition coefficient (Wildman–Crippen LogP) is 2.05. The molecule has 0 radical (unpaired) electrons. The first-order valence-corrected chi connectivity index (χ1v) is 3.62. The highest BCUT2D eigenvalue weighted by Crippen LogP contribution is 2.12. The average molecular weight is 200 g/mol. The van der Waals surface area contributed by atoms with Crippen LogP contribution in [0.5, 0.6) is 0 Å². The fraction of sp³-hybridized carbons (Fsp3) is 0.143. The Labute approximate surface area is 67.4 Å². The highest BCUT2D eigenvalue weighted by molar-refractivity contribution is 9.10. The van der Waals surface area contributed by atoms with Crippen LogP contribution in [-0.4, -0.2) is 10.8 Å². The van der Waals surface area contributed by atoms with E-state index in [4.69, 9.17) is 0 Å². The molecule has 0 N–H and O–H groups in total. The molecule has 1 aromatic heterocycles. The van der Waals surface area contributed by atoms with Crippen LogP contribution in [0.25, 0.3) is 0 Å².